The molecule has 0 aromatic heterocycles. The summed E-state index contributed by atoms with van der Waals surface area (Å²) >= 11 is 3.28. The highest BCUT2D eigenvalue weighted by Crippen LogP contribution is 2.15. The highest BCUT2D eigenvalue weighted by molar-refractivity contribution is 9.10. The van der Waals surface area contributed by atoms with Crippen LogP contribution in [0, 0.1) is 5.92 Å². The molecule has 2 aromatic carbocycles. The molecule has 6 nitrogen and oxygen atoms in total. The first kappa shape index (κ1) is 19.7. The van der Waals surface area contributed by atoms with E-state index in [0.29, 0.717) is 15.6 Å². The van der Waals surface area contributed by atoms with Gasteiger partial charge in [0.15, 0.2) is 0 Å². The molecule has 0 aliphatic heterocycles. The summed E-state index contributed by atoms with van der Waals surface area (Å²) in [5.74, 6) is -1.47. The normalized spacial score (nSPS) is 11.5. The second-order valence-electron chi connectivity index (χ2n) is 5.98. The minimum absolute atomic E-state index is 0.164. The molecule has 3 amide bonds. The molecule has 0 spiro atoms. The van der Waals surface area contributed by atoms with Crippen molar-refractivity contribution in [3.05, 3.63) is 70.2 Å². The first-order valence-corrected chi connectivity index (χ1v) is 8.90. The van der Waals surface area contributed by atoms with Gasteiger partial charge < -0.3 is 5.32 Å². The molecule has 0 bridgehead atoms. The van der Waals surface area contributed by atoms with Gasteiger partial charge in [0.1, 0.15) is 6.04 Å². The van der Waals surface area contributed by atoms with E-state index in [1.165, 1.54) is 0 Å². The van der Waals surface area contributed by atoms with Crippen molar-refractivity contribution in [2.24, 2.45) is 5.92 Å². The third kappa shape index (κ3) is 5.16. The summed E-state index contributed by atoms with van der Waals surface area (Å²) in [6, 6.07) is 14.7. The molecular weight excluding hydrogens is 398 g/mol. The lowest BCUT2D eigenvalue weighted by Gasteiger charge is -2.22. The van der Waals surface area contributed by atoms with Crippen LogP contribution in [0.2, 0.25) is 0 Å². The van der Waals surface area contributed by atoms with Gasteiger partial charge in [0.05, 0.1) is 5.56 Å². The van der Waals surface area contributed by atoms with Crippen LogP contribution in [0.25, 0.3) is 0 Å². The fourth-order valence-corrected chi connectivity index (χ4v) is 2.72. The zero-order valence-electron chi connectivity index (χ0n) is 14.5. The third-order valence-corrected chi connectivity index (χ3v) is 4.38. The smallest absolute Gasteiger partial charge is 0.270 e. The van der Waals surface area contributed by atoms with E-state index in [9.17, 15) is 14.4 Å². The molecule has 2 rings (SSSR count). The van der Waals surface area contributed by atoms with Crippen LogP contribution in [-0.2, 0) is 4.79 Å². The number of hydrogen-bond acceptors (Lipinski definition) is 3. The van der Waals surface area contributed by atoms with Crippen LogP contribution in [0.4, 0.5) is 0 Å². The van der Waals surface area contributed by atoms with E-state index in [1.807, 2.05) is 13.8 Å². The van der Waals surface area contributed by atoms with E-state index < -0.39 is 17.9 Å². The van der Waals surface area contributed by atoms with E-state index in [2.05, 4.69) is 32.1 Å². The van der Waals surface area contributed by atoms with Gasteiger partial charge in [-0.1, -0.05) is 44.2 Å². The highest BCUT2D eigenvalue weighted by atomic mass is 79.9. The lowest BCUT2D eigenvalue weighted by Crippen LogP contribution is -2.54. The van der Waals surface area contributed by atoms with Crippen molar-refractivity contribution in [3.63, 3.8) is 0 Å². The fourth-order valence-electron chi connectivity index (χ4n) is 2.26. The molecule has 0 unspecified atom stereocenters. The molecule has 0 saturated heterocycles. The van der Waals surface area contributed by atoms with Crippen molar-refractivity contribution >= 4 is 33.7 Å². The van der Waals surface area contributed by atoms with Gasteiger partial charge in [0, 0.05) is 10.0 Å². The number of hydrazine groups is 1. The Morgan fingerprint density at radius 2 is 1.46 bits per heavy atom. The molecule has 0 aliphatic rings. The Morgan fingerprint density at radius 3 is 2.08 bits per heavy atom. The summed E-state index contributed by atoms with van der Waals surface area (Å²) < 4.78 is 0.615. The Bertz CT molecular complexity index is 794. The van der Waals surface area contributed by atoms with Gasteiger partial charge in [-0.15, -0.1) is 0 Å². The maximum Gasteiger partial charge on any atom is 0.270 e. The molecule has 7 heteroatoms. The van der Waals surface area contributed by atoms with Crippen molar-refractivity contribution in [1.29, 1.82) is 0 Å². The van der Waals surface area contributed by atoms with Crippen molar-refractivity contribution in [2.45, 2.75) is 19.9 Å². The number of benzene rings is 2. The minimum atomic E-state index is -0.790. The first-order chi connectivity index (χ1) is 12.4. The van der Waals surface area contributed by atoms with Crippen molar-refractivity contribution in [1.82, 2.24) is 16.2 Å². The van der Waals surface area contributed by atoms with Gasteiger partial charge in [0.2, 0.25) is 0 Å². The van der Waals surface area contributed by atoms with Crippen LogP contribution in [0.15, 0.2) is 59.1 Å². The number of carbonyl (C=O) groups excluding carboxylic acids is 3. The molecular formula is C19H20BrN3O3. The topological polar surface area (TPSA) is 87.3 Å². The Balaban J connectivity index is 1.99. The van der Waals surface area contributed by atoms with Crippen LogP contribution in [-0.4, -0.2) is 23.8 Å². The standard InChI is InChI=1S/C19H20BrN3O3/c1-12(2)16(21-17(24)13-8-4-3-5-9-13)19(26)23-22-18(25)14-10-6-7-11-15(14)20/h3-12,16H,1-2H3,(H,21,24)(H,22,25)(H,23,26)/t16-/m0/s1. The van der Waals surface area contributed by atoms with E-state index in [0.717, 1.165) is 0 Å². The zero-order valence-corrected chi connectivity index (χ0v) is 16.0. The summed E-state index contributed by atoms with van der Waals surface area (Å²) in [4.78, 5) is 36.9. The largest absolute Gasteiger partial charge is 0.340 e. The summed E-state index contributed by atoms with van der Waals surface area (Å²) in [5.41, 5.74) is 5.59. The quantitative estimate of drug-likeness (QED) is 0.653. The Hall–Kier alpha value is -2.67. The van der Waals surface area contributed by atoms with Crippen molar-refractivity contribution in [3.8, 4) is 0 Å². The minimum Gasteiger partial charge on any atom is -0.340 e. The third-order valence-electron chi connectivity index (χ3n) is 3.69. The monoisotopic (exact) mass is 417 g/mol. The average Bonchev–Trinajstić information content (AvgIpc) is 2.64. The number of hydrogen-bond donors (Lipinski definition) is 3. The predicted molar refractivity (Wildman–Crippen MR) is 102 cm³/mol. The number of carbonyl (C=O) groups is 3. The molecule has 0 fully saturated rings. The molecule has 1 atom stereocenters. The van der Waals surface area contributed by atoms with Crippen molar-refractivity contribution < 1.29 is 14.4 Å². The predicted octanol–water partition coefficient (Wildman–Crippen LogP) is 2.66. The van der Waals surface area contributed by atoms with Gasteiger partial charge in [-0.3, -0.25) is 25.2 Å². The van der Waals surface area contributed by atoms with Crippen LogP contribution >= 0.6 is 15.9 Å². The van der Waals surface area contributed by atoms with Gasteiger partial charge in [-0.2, -0.15) is 0 Å². The molecule has 0 saturated carbocycles. The number of halogens is 1. The number of nitrogens with one attached hydrogen (secondary N) is 3. The van der Waals surface area contributed by atoms with Crippen molar-refractivity contribution in [2.75, 3.05) is 0 Å². The molecule has 0 radical (unpaired) electrons. The fraction of sp³-hybridized carbons (Fsp3) is 0.211. The van der Waals surface area contributed by atoms with Gasteiger partial charge in [-0.05, 0) is 46.1 Å². The second-order valence-corrected chi connectivity index (χ2v) is 6.84. The molecule has 26 heavy (non-hydrogen) atoms. The van der Waals surface area contributed by atoms with Gasteiger partial charge >= 0.3 is 0 Å². The van der Waals surface area contributed by atoms with Gasteiger partial charge in [0.25, 0.3) is 17.7 Å². The SMILES string of the molecule is CC(C)[C@H](NC(=O)c1ccccc1)C(=O)NNC(=O)c1ccccc1Br. The van der Waals surface area contributed by atoms with E-state index >= 15 is 0 Å². The summed E-state index contributed by atoms with van der Waals surface area (Å²) in [5, 5.41) is 2.70. The molecule has 0 heterocycles. The van der Waals surface area contributed by atoms with Crippen LogP contribution in [0.1, 0.15) is 34.6 Å². The highest BCUT2D eigenvalue weighted by Gasteiger charge is 2.25. The Kier molecular flexibility index (Phi) is 6.91. The molecule has 136 valence electrons. The first-order valence-electron chi connectivity index (χ1n) is 8.10. The lowest BCUT2D eigenvalue weighted by atomic mass is 10.0. The van der Waals surface area contributed by atoms with Crippen LogP contribution in [0.3, 0.4) is 0 Å². The average molecular weight is 418 g/mol. The van der Waals surface area contributed by atoms with E-state index in [-0.39, 0.29) is 11.8 Å². The summed E-state index contributed by atoms with van der Waals surface area (Å²) in [7, 11) is 0. The molecule has 3 N–H and O–H groups in total. The van der Waals surface area contributed by atoms with Crippen LogP contribution < -0.4 is 16.2 Å². The summed E-state index contributed by atoms with van der Waals surface area (Å²) in [6.07, 6.45) is 0. The second kappa shape index (κ2) is 9.15. The Labute approximate surface area is 160 Å². The maximum absolute atomic E-state index is 12.4. The lowest BCUT2D eigenvalue weighted by molar-refractivity contribution is -0.124. The summed E-state index contributed by atoms with van der Waals surface area (Å²) in [6.45, 7) is 3.62. The maximum atomic E-state index is 12.4. The number of amides is 3. The van der Waals surface area contributed by atoms with Crippen LogP contribution in [0.5, 0.6) is 0 Å². The van der Waals surface area contributed by atoms with E-state index in [1.54, 1.807) is 54.6 Å². The Morgan fingerprint density at radius 1 is 0.846 bits per heavy atom. The van der Waals surface area contributed by atoms with E-state index in [4.69, 9.17) is 0 Å². The molecule has 2 aromatic rings. The van der Waals surface area contributed by atoms with Gasteiger partial charge in [-0.25, -0.2) is 0 Å². The zero-order chi connectivity index (χ0) is 19.1. The number of rotatable bonds is 5. The molecule has 0 aliphatic carbocycles.